The van der Waals surface area contributed by atoms with Crippen molar-refractivity contribution in [1.82, 2.24) is 4.90 Å². The lowest BCUT2D eigenvalue weighted by Crippen LogP contribution is -2.36. The van der Waals surface area contributed by atoms with E-state index < -0.39 is 5.97 Å². The van der Waals surface area contributed by atoms with Crippen LogP contribution in [0.15, 0.2) is 0 Å². The predicted octanol–water partition coefficient (Wildman–Crippen LogP) is 1.73. The third-order valence-electron chi connectivity index (χ3n) is 3.45. The highest BCUT2D eigenvalue weighted by atomic mass is 16.4. The summed E-state index contributed by atoms with van der Waals surface area (Å²) in [5.74, 6) is -0.321. The van der Waals surface area contributed by atoms with Crippen molar-refractivity contribution in [3.05, 3.63) is 0 Å². The van der Waals surface area contributed by atoms with Crippen LogP contribution in [0.25, 0.3) is 0 Å². The Balaban J connectivity index is 2.09. The van der Waals surface area contributed by atoms with Crippen LogP contribution in [0.3, 0.4) is 0 Å². The second-order valence-corrected chi connectivity index (χ2v) is 5.04. The minimum Gasteiger partial charge on any atom is -0.481 e. The smallest absolute Gasteiger partial charge is 0.303 e. The Labute approximate surface area is 104 Å². The molecule has 1 heterocycles. The van der Waals surface area contributed by atoms with Crippen molar-refractivity contribution >= 4 is 5.97 Å². The zero-order chi connectivity index (χ0) is 12.5. The molecule has 4 heteroatoms. The molecule has 4 nitrogen and oxygen atoms in total. The van der Waals surface area contributed by atoms with Crippen LogP contribution in [0.5, 0.6) is 0 Å². The van der Waals surface area contributed by atoms with Crippen LogP contribution in [-0.2, 0) is 4.79 Å². The molecule has 0 aromatic heterocycles. The van der Waals surface area contributed by atoms with E-state index in [1.54, 1.807) is 0 Å². The number of aliphatic carboxylic acids is 1. The molecule has 0 bridgehead atoms. The maximum atomic E-state index is 10.7. The summed E-state index contributed by atoms with van der Waals surface area (Å²) in [5, 5.41) is 17.4. The second-order valence-electron chi connectivity index (χ2n) is 5.04. The van der Waals surface area contributed by atoms with Gasteiger partial charge in [0.15, 0.2) is 0 Å². The Morgan fingerprint density at radius 1 is 1.24 bits per heavy atom. The molecule has 1 atom stereocenters. The zero-order valence-corrected chi connectivity index (χ0v) is 10.6. The van der Waals surface area contributed by atoms with Gasteiger partial charge in [-0.05, 0) is 44.7 Å². The van der Waals surface area contributed by atoms with Crippen LogP contribution in [0.1, 0.15) is 44.9 Å². The van der Waals surface area contributed by atoms with E-state index in [4.69, 9.17) is 10.2 Å². The van der Waals surface area contributed by atoms with Crippen molar-refractivity contribution in [2.45, 2.75) is 44.9 Å². The fourth-order valence-corrected chi connectivity index (χ4v) is 2.57. The molecular weight excluding hydrogens is 218 g/mol. The zero-order valence-electron chi connectivity index (χ0n) is 10.6. The number of aliphatic hydroxyl groups excluding tert-OH is 1. The highest BCUT2D eigenvalue weighted by Gasteiger charge is 2.21. The SMILES string of the molecule is O=C(O)CC1CCCN(CCCCCCO)C1. The average Bonchev–Trinajstić information content (AvgIpc) is 2.28. The Kier molecular flexibility index (Phi) is 7.21. The van der Waals surface area contributed by atoms with Gasteiger partial charge in [-0.1, -0.05) is 12.8 Å². The third kappa shape index (κ3) is 6.64. The molecule has 1 rings (SSSR count). The van der Waals surface area contributed by atoms with Crippen LogP contribution in [-0.4, -0.2) is 47.3 Å². The molecule has 0 saturated carbocycles. The lowest BCUT2D eigenvalue weighted by molar-refractivity contribution is -0.138. The Bertz CT molecular complexity index is 221. The number of piperidine rings is 1. The van der Waals surface area contributed by atoms with Crippen molar-refractivity contribution in [3.8, 4) is 0 Å². The van der Waals surface area contributed by atoms with E-state index in [-0.39, 0.29) is 0 Å². The van der Waals surface area contributed by atoms with Crippen molar-refractivity contribution in [3.63, 3.8) is 0 Å². The maximum Gasteiger partial charge on any atom is 0.303 e. The number of carboxylic acid groups (broad SMARTS) is 1. The molecule has 100 valence electrons. The van der Waals surface area contributed by atoms with Gasteiger partial charge in [0.05, 0.1) is 0 Å². The number of nitrogens with zero attached hydrogens (tertiary/aromatic N) is 1. The van der Waals surface area contributed by atoms with Crippen molar-refractivity contribution in [2.24, 2.45) is 5.92 Å². The molecular formula is C13H25NO3. The van der Waals surface area contributed by atoms with Gasteiger partial charge in [-0.25, -0.2) is 0 Å². The normalized spacial score (nSPS) is 21.6. The van der Waals surface area contributed by atoms with E-state index in [1.165, 1.54) is 12.8 Å². The topological polar surface area (TPSA) is 60.8 Å². The molecule has 0 spiro atoms. The molecule has 1 aliphatic heterocycles. The first-order valence-electron chi connectivity index (χ1n) is 6.77. The van der Waals surface area contributed by atoms with Gasteiger partial charge in [0.25, 0.3) is 0 Å². The lowest BCUT2D eigenvalue weighted by Gasteiger charge is -2.32. The summed E-state index contributed by atoms with van der Waals surface area (Å²) in [6.45, 7) is 3.45. The summed E-state index contributed by atoms with van der Waals surface area (Å²) in [6.07, 6.45) is 6.86. The number of unbranched alkanes of at least 4 members (excludes halogenated alkanes) is 3. The van der Waals surface area contributed by atoms with Gasteiger partial charge in [0.1, 0.15) is 0 Å². The van der Waals surface area contributed by atoms with Crippen LogP contribution in [0.2, 0.25) is 0 Å². The standard InChI is InChI=1S/C13H25NO3/c15-9-4-2-1-3-7-14-8-5-6-12(11-14)10-13(16)17/h12,15H,1-11H2,(H,16,17). The number of hydrogen-bond donors (Lipinski definition) is 2. The minimum absolute atomic E-state index is 0.296. The van der Waals surface area contributed by atoms with E-state index in [2.05, 4.69) is 4.90 Å². The van der Waals surface area contributed by atoms with Gasteiger partial charge in [-0.3, -0.25) is 4.79 Å². The second kappa shape index (κ2) is 8.48. The van der Waals surface area contributed by atoms with Crippen molar-refractivity contribution < 1.29 is 15.0 Å². The fraction of sp³-hybridized carbons (Fsp3) is 0.923. The highest BCUT2D eigenvalue weighted by molar-refractivity contribution is 5.67. The van der Waals surface area contributed by atoms with Gasteiger partial charge < -0.3 is 15.1 Å². The van der Waals surface area contributed by atoms with E-state index in [0.717, 1.165) is 45.3 Å². The molecule has 17 heavy (non-hydrogen) atoms. The molecule has 0 aromatic carbocycles. The van der Waals surface area contributed by atoms with E-state index >= 15 is 0 Å². The monoisotopic (exact) mass is 243 g/mol. The van der Waals surface area contributed by atoms with E-state index in [9.17, 15) is 4.79 Å². The number of likely N-dealkylation sites (tertiary alicyclic amines) is 1. The fourth-order valence-electron chi connectivity index (χ4n) is 2.57. The van der Waals surface area contributed by atoms with Crippen molar-refractivity contribution in [1.29, 1.82) is 0 Å². The molecule has 0 aromatic rings. The molecule has 1 aliphatic rings. The van der Waals surface area contributed by atoms with E-state index in [1.807, 2.05) is 0 Å². The quantitative estimate of drug-likeness (QED) is 0.637. The first-order valence-corrected chi connectivity index (χ1v) is 6.77. The first kappa shape index (κ1) is 14.5. The Hall–Kier alpha value is -0.610. The Morgan fingerprint density at radius 3 is 2.71 bits per heavy atom. The summed E-state index contributed by atoms with van der Waals surface area (Å²) in [4.78, 5) is 13.1. The summed E-state index contributed by atoms with van der Waals surface area (Å²) in [7, 11) is 0. The van der Waals surface area contributed by atoms with Gasteiger partial charge in [0.2, 0.25) is 0 Å². The molecule has 1 saturated heterocycles. The molecule has 1 fully saturated rings. The molecule has 0 amide bonds. The van der Waals surface area contributed by atoms with Gasteiger partial charge in [-0.2, -0.15) is 0 Å². The average molecular weight is 243 g/mol. The minimum atomic E-state index is -0.667. The van der Waals surface area contributed by atoms with E-state index in [0.29, 0.717) is 18.9 Å². The van der Waals surface area contributed by atoms with Gasteiger partial charge in [-0.15, -0.1) is 0 Å². The van der Waals surface area contributed by atoms with Crippen LogP contribution >= 0.6 is 0 Å². The number of carbonyl (C=O) groups is 1. The molecule has 0 radical (unpaired) electrons. The highest BCUT2D eigenvalue weighted by Crippen LogP contribution is 2.19. The van der Waals surface area contributed by atoms with Gasteiger partial charge in [0, 0.05) is 19.6 Å². The third-order valence-corrected chi connectivity index (χ3v) is 3.45. The lowest BCUT2D eigenvalue weighted by atomic mass is 9.94. The van der Waals surface area contributed by atoms with Crippen LogP contribution in [0.4, 0.5) is 0 Å². The van der Waals surface area contributed by atoms with Crippen LogP contribution in [0, 0.1) is 5.92 Å². The number of aliphatic hydroxyl groups is 1. The molecule has 2 N–H and O–H groups in total. The van der Waals surface area contributed by atoms with Crippen LogP contribution < -0.4 is 0 Å². The summed E-state index contributed by atoms with van der Waals surface area (Å²) >= 11 is 0. The summed E-state index contributed by atoms with van der Waals surface area (Å²) in [6, 6.07) is 0. The predicted molar refractivity (Wildman–Crippen MR) is 67.0 cm³/mol. The summed E-state index contributed by atoms with van der Waals surface area (Å²) < 4.78 is 0. The van der Waals surface area contributed by atoms with Gasteiger partial charge >= 0.3 is 5.97 Å². The summed E-state index contributed by atoms with van der Waals surface area (Å²) in [5.41, 5.74) is 0. The number of carboxylic acids is 1. The number of hydrogen-bond acceptors (Lipinski definition) is 3. The largest absolute Gasteiger partial charge is 0.481 e. The first-order chi connectivity index (χ1) is 8.22. The molecule has 1 unspecified atom stereocenters. The Morgan fingerprint density at radius 2 is 2.00 bits per heavy atom. The maximum absolute atomic E-state index is 10.7. The number of rotatable bonds is 8. The molecule has 0 aliphatic carbocycles. The van der Waals surface area contributed by atoms with Crippen molar-refractivity contribution in [2.75, 3.05) is 26.2 Å².